The van der Waals surface area contributed by atoms with Crippen molar-refractivity contribution in [3.63, 3.8) is 0 Å². The van der Waals surface area contributed by atoms with E-state index >= 15 is 0 Å². The highest BCUT2D eigenvalue weighted by molar-refractivity contribution is 5.97. The third kappa shape index (κ3) is 8.65. The Kier molecular flexibility index (Phi) is 9.80. The van der Waals surface area contributed by atoms with Crippen LogP contribution >= 0.6 is 0 Å². The van der Waals surface area contributed by atoms with Gasteiger partial charge in [0.15, 0.2) is 0 Å². The van der Waals surface area contributed by atoms with Gasteiger partial charge in [0.25, 0.3) is 0 Å². The van der Waals surface area contributed by atoms with Crippen molar-refractivity contribution < 1.29 is 23.5 Å². The minimum absolute atomic E-state index is 0.0287. The molecule has 2 N–H and O–H groups in total. The predicted octanol–water partition coefficient (Wildman–Crippen LogP) is 3.51. The second-order valence-electron chi connectivity index (χ2n) is 9.27. The zero-order valence-electron chi connectivity index (χ0n) is 21.4. The Bertz CT molecular complexity index is 1170. The summed E-state index contributed by atoms with van der Waals surface area (Å²) in [5, 5.41) is 5.69. The SMILES string of the molecule is CN1CCN(CC(=O)NC(COCc2ccccc2)C(=O)Nc2ccc(Oc3ccc(F)cc3)cc2)CC1. The predicted molar refractivity (Wildman–Crippen MR) is 144 cm³/mol. The first-order valence-corrected chi connectivity index (χ1v) is 12.6. The number of nitrogens with zero attached hydrogens (tertiary/aromatic N) is 2. The number of anilines is 1. The highest BCUT2D eigenvalue weighted by Crippen LogP contribution is 2.23. The number of carbonyl (C=O) groups is 2. The van der Waals surface area contributed by atoms with E-state index in [0.717, 1.165) is 31.7 Å². The maximum Gasteiger partial charge on any atom is 0.249 e. The summed E-state index contributed by atoms with van der Waals surface area (Å²) in [7, 11) is 2.06. The second kappa shape index (κ2) is 13.7. The van der Waals surface area contributed by atoms with Crippen molar-refractivity contribution in [3.8, 4) is 11.5 Å². The number of likely N-dealkylation sites (N-methyl/N-ethyl adjacent to an activating group) is 1. The van der Waals surface area contributed by atoms with E-state index in [9.17, 15) is 14.0 Å². The number of hydrogen-bond acceptors (Lipinski definition) is 6. The zero-order chi connectivity index (χ0) is 26.7. The van der Waals surface area contributed by atoms with Crippen LogP contribution in [0.2, 0.25) is 0 Å². The monoisotopic (exact) mass is 520 g/mol. The average molecular weight is 521 g/mol. The summed E-state index contributed by atoms with van der Waals surface area (Å²) < 4.78 is 24.6. The Morgan fingerprint density at radius 1 is 0.895 bits per heavy atom. The van der Waals surface area contributed by atoms with E-state index in [2.05, 4.69) is 27.5 Å². The van der Waals surface area contributed by atoms with Gasteiger partial charge in [0.2, 0.25) is 11.8 Å². The number of amides is 2. The van der Waals surface area contributed by atoms with Gasteiger partial charge in [-0.2, -0.15) is 0 Å². The molecular weight excluding hydrogens is 487 g/mol. The lowest BCUT2D eigenvalue weighted by molar-refractivity contribution is -0.129. The lowest BCUT2D eigenvalue weighted by Crippen LogP contribution is -2.52. The molecule has 1 heterocycles. The largest absolute Gasteiger partial charge is 0.457 e. The molecule has 0 saturated carbocycles. The fourth-order valence-corrected chi connectivity index (χ4v) is 3.98. The third-order valence-electron chi connectivity index (χ3n) is 6.18. The van der Waals surface area contributed by atoms with Crippen molar-refractivity contribution in [2.45, 2.75) is 12.6 Å². The molecule has 1 unspecified atom stereocenters. The summed E-state index contributed by atoms with van der Waals surface area (Å²) >= 11 is 0. The Hall–Kier alpha value is -3.79. The normalized spacial score (nSPS) is 15.0. The number of rotatable bonds is 11. The summed E-state index contributed by atoms with van der Waals surface area (Å²) in [6, 6.07) is 21.3. The van der Waals surface area contributed by atoms with Crippen molar-refractivity contribution >= 4 is 17.5 Å². The van der Waals surface area contributed by atoms with Gasteiger partial charge in [0.1, 0.15) is 23.4 Å². The molecule has 2 amide bonds. The molecule has 0 radical (unpaired) electrons. The maximum atomic E-state index is 13.1. The number of benzene rings is 3. The highest BCUT2D eigenvalue weighted by Gasteiger charge is 2.24. The zero-order valence-corrected chi connectivity index (χ0v) is 21.4. The van der Waals surface area contributed by atoms with Gasteiger partial charge in [0, 0.05) is 31.9 Å². The first kappa shape index (κ1) is 27.3. The summed E-state index contributed by atoms with van der Waals surface area (Å²) in [6.07, 6.45) is 0. The number of piperazine rings is 1. The van der Waals surface area contributed by atoms with E-state index in [0.29, 0.717) is 23.8 Å². The molecule has 1 aliphatic heterocycles. The molecule has 1 saturated heterocycles. The Labute approximate surface area is 222 Å². The fraction of sp³-hybridized carbons (Fsp3) is 0.310. The Morgan fingerprint density at radius 3 is 2.18 bits per heavy atom. The van der Waals surface area contributed by atoms with Crippen molar-refractivity contribution in [3.05, 3.63) is 90.2 Å². The molecule has 1 atom stereocenters. The summed E-state index contributed by atoms with van der Waals surface area (Å²) in [4.78, 5) is 30.2. The highest BCUT2D eigenvalue weighted by atomic mass is 19.1. The molecule has 0 bridgehead atoms. The smallest absolute Gasteiger partial charge is 0.249 e. The van der Waals surface area contributed by atoms with Crippen LogP contribution in [0.4, 0.5) is 10.1 Å². The summed E-state index contributed by atoms with van der Waals surface area (Å²) in [5.41, 5.74) is 1.52. The van der Waals surface area contributed by atoms with E-state index in [1.54, 1.807) is 24.3 Å². The van der Waals surface area contributed by atoms with E-state index in [4.69, 9.17) is 9.47 Å². The van der Waals surface area contributed by atoms with Crippen LogP contribution in [-0.2, 0) is 20.9 Å². The standard InChI is InChI=1S/C29H33FN4O4/c1-33-15-17-34(18-16-33)19-28(35)32-27(21-37-20-22-5-3-2-4-6-22)29(36)31-24-9-13-26(14-10-24)38-25-11-7-23(30)8-12-25/h2-14,27H,15-21H2,1H3,(H,31,36)(H,32,35). The molecule has 200 valence electrons. The van der Waals surface area contributed by atoms with Gasteiger partial charge in [-0.05, 0) is 61.1 Å². The van der Waals surface area contributed by atoms with Crippen LogP contribution in [0.3, 0.4) is 0 Å². The third-order valence-corrected chi connectivity index (χ3v) is 6.18. The molecule has 1 aliphatic rings. The molecule has 8 nitrogen and oxygen atoms in total. The van der Waals surface area contributed by atoms with E-state index in [1.807, 2.05) is 30.3 Å². The molecular formula is C29H33FN4O4. The van der Waals surface area contributed by atoms with Gasteiger partial charge < -0.3 is 25.0 Å². The van der Waals surface area contributed by atoms with Crippen LogP contribution in [0.1, 0.15) is 5.56 Å². The van der Waals surface area contributed by atoms with Crippen LogP contribution < -0.4 is 15.4 Å². The number of hydrogen-bond donors (Lipinski definition) is 2. The minimum atomic E-state index is -0.867. The number of nitrogens with one attached hydrogen (secondary N) is 2. The van der Waals surface area contributed by atoms with Gasteiger partial charge in [-0.3, -0.25) is 14.5 Å². The van der Waals surface area contributed by atoms with Crippen molar-refractivity contribution in [1.29, 1.82) is 0 Å². The van der Waals surface area contributed by atoms with Gasteiger partial charge in [-0.1, -0.05) is 30.3 Å². The fourth-order valence-electron chi connectivity index (χ4n) is 3.98. The Balaban J connectivity index is 1.34. The summed E-state index contributed by atoms with van der Waals surface area (Å²) in [6.45, 7) is 3.99. The lowest BCUT2D eigenvalue weighted by Gasteiger charge is -2.32. The number of halogens is 1. The minimum Gasteiger partial charge on any atom is -0.457 e. The quantitative estimate of drug-likeness (QED) is 0.403. The molecule has 4 rings (SSSR count). The summed E-state index contributed by atoms with van der Waals surface area (Å²) in [5.74, 6) is 0.103. The molecule has 3 aromatic carbocycles. The van der Waals surface area contributed by atoms with Crippen LogP contribution in [0.5, 0.6) is 11.5 Å². The van der Waals surface area contributed by atoms with Crippen molar-refractivity contribution in [2.24, 2.45) is 0 Å². The van der Waals surface area contributed by atoms with Gasteiger partial charge in [-0.15, -0.1) is 0 Å². The second-order valence-corrected chi connectivity index (χ2v) is 9.27. The van der Waals surface area contributed by atoms with Crippen LogP contribution in [-0.4, -0.2) is 74.0 Å². The van der Waals surface area contributed by atoms with E-state index in [-0.39, 0.29) is 30.8 Å². The molecule has 0 spiro atoms. The maximum absolute atomic E-state index is 13.1. The number of carbonyl (C=O) groups excluding carboxylic acids is 2. The van der Waals surface area contributed by atoms with Gasteiger partial charge in [0.05, 0.1) is 19.8 Å². The van der Waals surface area contributed by atoms with E-state index < -0.39 is 6.04 Å². The number of ether oxygens (including phenoxy) is 2. The van der Waals surface area contributed by atoms with Gasteiger partial charge in [-0.25, -0.2) is 4.39 Å². The first-order chi connectivity index (χ1) is 18.4. The molecule has 3 aromatic rings. The molecule has 0 aliphatic carbocycles. The molecule has 1 fully saturated rings. The Morgan fingerprint density at radius 2 is 1.53 bits per heavy atom. The van der Waals surface area contributed by atoms with E-state index in [1.165, 1.54) is 24.3 Å². The van der Waals surface area contributed by atoms with Crippen LogP contribution in [0.15, 0.2) is 78.9 Å². The topological polar surface area (TPSA) is 83.1 Å². The first-order valence-electron chi connectivity index (χ1n) is 12.6. The van der Waals surface area contributed by atoms with Crippen molar-refractivity contribution in [1.82, 2.24) is 15.1 Å². The lowest BCUT2D eigenvalue weighted by atomic mass is 10.2. The van der Waals surface area contributed by atoms with Crippen LogP contribution in [0, 0.1) is 5.82 Å². The molecule has 9 heteroatoms. The molecule has 0 aromatic heterocycles. The van der Waals surface area contributed by atoms with Crippen molar-refractivity contribution in [2.75, 3.05) is 51.7 Å². The van der Waals surface area contributed by atoms with Gasteiger partial charge >= 0.3 is 0 Å². The van der Waals surface area contributed by atoms with Crippen LogP contribution in [0.25, 0.3) is 0 Å². The molecule has 38 heavy (non-hydrogen) atoms. The average Bonchev–Trinajstić information content (AvgIpc) is 2.92.